The lowest BCUT2D eigenvalue weighted by Crippen LogP contribution is -2.33. The summed E-state index contributed by atoms with van der Waals surface area (Å²) >= 11 is 1.69. The van der Waals surface area contributed by atoms with Gasteiger partial charge in [0.1, 0.15) is 6.04 Å². The molecule has 0 aliphatic carbocycles. The van der Waals surface area contributed by atoms with Gasteiger partial charge >= 0.3 is 0 Å². The number of amides is 1. The number of carbonyl (C=O) groups is 1. The Labute approximate surface area is 123 Å². The molecular formula is C15H21N3OS. The van der Waals surface area contributed by atoms with Crippen molar-refractivity contribution in [1.82, 2.24) is 14.9 Å². The molecule has 2 heterocycles. The van der Waals surface area contributed by atoms with Crippen LogP contribution < -0.4 is 5.32 Å². The van der Waals surface area contributed by atoms with Crippen molar-refractivity contribution in [2.24, 2.45) is 0 Å². The van der Waals surface area contributed by atoms with E-state index in [0.717, 1.165) is 30.0 Å². The number of aromatic nitrogens is 2. The van der Waals surface area contributed by atoms with Crippen molar-refractivity contribution in [2.75, 3.05) is 6.54 Å². The average Bonchev–Trinajstić information content (AvgIpc) is 3.11. The Kier molecular flexibility index (Phi) is 5.35. The monoisotopic (exact) mass is 291 g/mol. The Morgan fingerprint density at radius 2 is 2.15 bits per heavy atom. The molecular weight excluding hydrogens is 270 g/mol. The Morgan fingerprint density at radius 3 is 2.75 bits per heavy atom. The van der Waals surface area contributed by atoms with Crippen molar-refractivity contribution in [3.63, 3.8) is 0 Å². The third-order valence-corrected chi connectivity index (χ3v) is 4.30. The summed E-state index contributed by atoms with van der Waals surface area (Å²) in [6.07, 6.45) is 6.42. The quantitative estimate of drug-likeness (QED) is 0.852. The predicted molar refractivity (Wildman–Crippen MR) is 82.0 cm³/mol. The highest BCUT2D eigenvalue weighted by atomic mass is 32.1. The zero-order valence-electron chi connectivity index (χ0n) is 12.0. The summed E-state index contributed by atoms with van der Waals surface area (Å²) in [5, 5.41) is 6.24. The van der Waals surface area contributed by atoms with Gasteiger partial charge in [0, 0.05) is 30.7 Å². The van der Waals surface area contributed by atoms with Crippen molar-refractivity contribution >= 4 is 17.2 Å². The van der Waals surface area contributed by atoms with Crippen molar-refractivity contribution in [2.45, 2.75) is 39.2 Å². The van der Waals surface area contributed by atoms with Gasteiger partial charge in [-0.05, 0) is 25.0 Å². The summed E-state index contributed by atoms with van der Waals surface area (Å²) in [6.45, 7) is 4.77. The third kappa shape index (κ3) is 3.70. The molecule has 2 aromatic rings. The zero-order chi connectivity index (χ0) is 14.4. The molecule has 0 aliphatic heterocycles. The Bertz CT molecular complexity index is 533. The molecule has 1 amide bonds. The second-order valence-corrected chi connectivity index (χ2v) is 5.62. The average molecular weight is 291 g/mol. The maximum absolute atomic E-state index is 12.2. The number of hydrogen-bond acceptors (Lipinski definition) is 3. The minimum Gasteiger partial charge on any atom is -0.354 e. The molecule has 4 nitrogen and oxygen atoms in total. The van der Waals surface area contributed by atoms with E-state index in [1.165, 1.54) is 0 Å². The maximum atomic E-state index is 12.2. The van der Waals surface area contributed by atoms with Gasteiger partial charge < -0.3 is 9.88 Å². The summed E-state index contributed by atoms with van der Waals surface area (Å²) in [7, 11) is 0. The van der Waals surface area contributed by atoms with Gasteiger partial charge in [-0.1, -0.05) is 13.8 Å². The largest absolute Gasteiger partial charge is 0.354 e. The van der Waals surface area contributed by atoms with E-state index in [-0.39, 0.29) is 11.9 Å². The number of nitrogens with zero attached hydrogens (tertiary/aromatic N) is 2. The number of hydrogen-bond donors (Lipinski definition) is 1. The van der Waals surface area contributed by atoms with Gasteiger partial charge in [-0.25, -0.2) is 4.98 Å². The maximum Gasteiger partial charge on any atom is 0.243 e. The zero-order valence-corrected chi connectivity index (χ0v) is 12.8. The van der Waals surface area contributed by atoms with Crippen LogP contribution in [-0.4, -0.2) is 22.0 Å². The molecule has 20 heavy (non-hydrogen) atoms. The van der Waals surface area contributed by atoms with Gasteiger partial charge in [-0.3, -0.25) is 4.79 Å². The van der Waals surface area contributed by atoms with Gasteiger partial charge in [0.15, 0.2) is 0 Å². The second-order valence-electron chi connectivity index (χ2n) is 4.68. The van der Waals surface area contributed by atoms with Crippen LogP contribution in [0.3, 0.4) is 0 Å². The van der Waals surface area contributed by atoms with Crippen LogP contribution in [0.4, 0.5) is 0 Å². The highest BCUT2D eigenvalue weighted by Crippen LogP contribution is 2.12. The molecule has 0 fully saturated rings. The molecule has 0 aliphatic rings. The molecule has 0 bridgehead atoms. The molecule has 0 saturated heterocycles. The van der Waals surface area contributed by atoms with Crippen LogP contribution in [0.15, 0.2) is 29.9 Å². The lowest BCUT2D eigenvalue weighted by Gasteiger charge is -2.16. The molecule has 2 aromatic heterocycles. The first-order valence-electron chi connectivity index (χ1n) is 7.08. The minimum absolute atomic E-state index is 0.0784. The fourth-order valence-electron chi connectivity index (χ4n) is 2.14. The van der Waals surface area contributed by atoms with Crippen molar-refractivity contribution in [3.05, 3.63) is 40.6 Å². The van der Waals surface area contributed by atoms with Gasteiger partial charge in [0.2, 0.25) is 5.91 Å². The molecule has 0 radical (unpaired) electrons. The van der Waals surface area contributed by atoms with Gasteiger partial charge in [-0.2, -0.15) is 0 Å². The summed E-state index contributed by atoms with van der Waals surface area (Å²) in [5.74, 6) is 0.0784. The predicted octanol–water partition coefficient (Wildman–Crippen LogP) is 2.82. The first-order valence-corrected chi connectivity index (χ1v) is 7.96. The fourth-order valence-corrected chi connectivity index (χ4v) is 2.92. The smallest absolute Gasteiger partial charge is 0.243 e. The summed E-state index contributed by atoms with van der Waals surface area (Å²) in [6, 6.07) is 3.77. The van der Waals surface area contributed by atoms with E-state index in [9.17, 15) is 4.79 Å². The van der Waals surface area contributed by atoms with Crippen LogP contribution in [0.5, 0.6) is 0 Å². The van der Waals surface area contributed by atoms with E-state index in [4.69, 9.17) is 0 Å². The lowest BCUT2D eigenvalue weighted by molar-refractivity contribution is -0.124. The van der Waals surface area contributed by atoms with Gasteiger partial charge in [-0.15, -0.1) is 11.3 Å². The van der Waals surface area contributed by atoms with E-state index in [0.29, 0.717) is 6.54 Å². The van der Waals surface area contributed by atoms with Crippen LogP contribution in [-0.2, 0) is 17.6 Å². The van der Waals surface area contributed by atoms with E-state index in [1.807, 2.05) is 36.0 Å². The SMILES string of the molecule is CCc1nc(CCNC(=O)[C@H](CC)n2cccc2)cs1. The van der Waals surface area contributed by atoms with E-state index >= 15 is 0 Å². The summed E-state index contributed by atoms with van der Waals surface area (Å²) in [4.78, 5) is 16.7. The van der Waals surface area contributed by atoms with Crippen LogP contribution >= 0.6 is 11.3 Å². The van der Waals surface area contributed by atoms with Crippen molar-refractivity contribution in [1.29, 1.82) is 0 Å². The molecule has 108 valence electrons. The number of aryl methyl sites for hydroxylation is 1. The van der Waals surface area contributed by atoms with Gasteiger partial charge in [0.05, 0.1) is 10.7 Å². The van der Waals surface area contributed by atoms with Crippen LogP contribution in [0.2, 0.25) is 0 Å². The Morgan fingerprint density at radius 1 is 1.40 bits per heavy atom. The number of carbonyl (C=O) groups excluding carboxylic acids is 1. The molecule has 0 unspecified atom stereocenters. The molecule has 5 heteroatoms. The second kappa shape index (κ2) is 7.24. The first kappa shape index (κ1) is 14.8. The molecule has 1 atom stereocenters. The molecule has 0 saturated carbocycles. The van der Waals surface area contributed by atoms with Gasteiger partial charge in [0.25, 0.3) is 0 Å². The fraction of sp³-hybridized carbons (Fsp3) is 0.467. The molecule has 1 N–H and O–H groups in total. The highest BCUT2D eigenvalue weighted by Gasteiger charge is 2.16. The Hall–Kier alpha value is -1.62. The molecule has 0 aromatic carbocycles. The van der Waals surface area contributed by atoms with E-state index < -0.39 is 0 Å². The van der Waals surface area contributed by atoms with Crippen LogP contribution in [0.25, 0.3) is 0 Å². The highest BCUT2D eigenvalue weighted by molar-refractivity contribution is 7.09. The number of thiazole rings is 1. The molecule has 0 spiro atoms. The normalized spacial score (nSPS) is 12.3. The summed E-state index contributed by atoms with van der Waals surface area (Å²) in [5.41, 5.74) is 1.07. The standard InChI is InChI=1S/C15H21N3OS/c1-3-13(18-9-5-6-10-18)15(19)16-8-7-12-11-20-14(4-2)17-12/h5-6,9-11,13H,3-4,7-8H2,1-2H3,(H,16,19)/t13-/m0/s1. The van der Waals surface area contributed by atoms with Crippen molar-refractivity contribution < 1.29 is 4.79 Å². The Balaban J connectivity index is 1.82. The third-order valence-electron chi connectivity index (χ3n) is 3.26. The van der Waals surface area contributed by atoms with Crippen molar-refractivity contribution in [3.8, 4) is 0 Å². The van der Waals surface area contributed by atoms with Crippen LogP contribution in [0.1, 0.15) is 37.0 Å². The van der Waals surface area contributed by atoms with E-state index in [2.05, 4.69) is 22.6 Å². The number of rotatable bonds is 7. The van der Waals surface area contributed by atoms with E-state index in [1.54, 1.807) is 11.3 Å². The van der Waals surface area contributed by atoms with Crippen LogP contribution in [0, 0.1) is 0 Å². The first-order chi connectivity index (χ1) is 9.74. The summed E-state index contributed by atoms with van der Waals surface area (Å²) < 4.78 is 1.95. The topological polar surface area (TPSA) is 46.9 Å². The molecule has 2 rings (SSSR count). The minimum atomic E-state index is -0.119. The lowest BCUT2D eigenvalue weighted by atomic mass is 10.2. The number of nitrogens with one attached hydrogen (secondary N) is 1.